The summed E-state index contributed by atoms with van der Waals surface area (Å²) >= 11 is 0. The Kier molecular flexibility index (Phi) is 6.57. The molecule has 1 N–H and O–H groups in total. The van der Waals surface area contributed by atoms with Crippen LogP contribution < -0.4 is 10.1 Å². The fourth-order valence-corrected chi connectivity index (χ4v) is 2.21. The molecule has 2 rings (SSSR count). The van der Waals surface area contributed by atoms with Gasteiger partial charge < -0.3 is 14.8 Å². The molecule has 0 bridgehead atoms. The van der Waals surface area contributed by atoms with E-state index in [2.05, 4.69) is 19.2 Å². The van der Waals surface area contributed by atoms with Crippen molar-refractivity contribution >= 4 is 17.6 Å². The van der Waals surface area contributed by atoms with E-state index in [0.29, 0.717) is 29.5 Å². The zero-order valence-electron chi connectivity index (χ0n) is 14.7. The maximum absolute atomic E-state index is 12.0. The molecular weight excluding hydrogens is 318 g/mol. The molecule has 0 aromatic heterocycles. The Balaban J connectivity index is 1.88. The Morgan fingerprint density at radius 3 is 2.44 bits per heavy atom. The van der Waals surface area contributed by atoms with Crippen molar-refractivity contribution in [3.63, 3.8) is 0 Å². The van der Waals surface area contributed by atoms with Crippen LogP contribution in [0.25, 0.3) is 0 Å². The zero-order valence-corrected chi connectivity index (χ0v) is 14.7. The predicted molar refractivity (Wildman–Crippen MR) is 97.1 cm³/mol. The highest BCUT2D eigenvalue weighted by Crippen LogP contribution is 2.20. The first-order chi connectivity index (χ1) is 12.0. The number of nitrogens with one attached hydrogen (secondary N) is 1. The molecule has 2 aromatic carbocycles. The number of ether oxygens (including phenoxy) is 2. The summed E-state index contributed by atoms with van der Waals surface area (Å²) in [7, 11) is 0. The lowest BCUT2D eigenvalue weighted by Crippen LogP contribution is -2.20. The summed E-state index contributed by atoms with van der Waals surface area (Å²) in [5, 5.41) is 2.73. The van der Waals surface area contributed by atoms with Gasteiger partial charge in [0.2, 0.25) is 0 Å². The van der Waals surface area contributed by atoms with Crippen molar-refractivity contribution in [3.8, 4) is 5.75 Å². The van der Waals surface area contributed by atoms with Crippen LogP contribution in [0.2, 0.25) is 0 Å². The third kappa shape index (κ3) is 5.64. The van der Waals surface area contributed by atoms with Crippen LogP contribution in [0.4, 0.5) is 5.69 Å². The van der Waals surface area contributed by atoms with Gasteiger partial charge in [0.05, 0.1) is 12.2 Å². The summed E-state index contributed by atoms with van der Waals surface area (Å²) in [6.45, 7) is 6.20. The van der Waals surface area contributed by atoms with E-state index in [1.165, 1.54) is 0 Å². The van der Waals surface area contributed by atoms with Crippen LogP contribution in [0.5, 0.6) is 5.75 Å². The van der Waals surface area contributed by atoms with Crippen molar-refractivity contribution in [3.05, 3.63) is 59.7 Å². The molecule has 0 aliphatic carbocycles. The van der Waals surface area contributed by atoms with Gasteiger partial charge in [-0.05, 0) is 54.8 Å². The lowest BCUT2D eigenvalue weighted by molar-refractivity contribution is -0.118. The second-order valence-corrected chi connectivity index (χ2v) is 5.86. The van der Waals surface area contributed by atoms with Gasteiger partial charge in [0.1, 0.15) is 5.75 Å². The molecular formula is C20H23NO4. The van der Waals surface area contributed by atoms with Crippen molar-refractivity contribution in [1.82, 2.24) is 0 Å². The van der Waals surface area contributed by atoms with Gasteiger partial charge >= 0.3 is 5.97 Å². The fourth-order valence-electron chi connectivity index (χ4n) is 2.21. The minimum Gasteiger partial charge on any atom is -0.484 e. The van der Waals surface area contributed by atoms with Crippen molar-refractivity contribution in [2.45, 2.75) is 26.7 Å². The average molecular weight is 341 g/mol. The first-order valence-corrected chi connectivity index (χ1v) is 8.29. The van der Waals surface area contributed by atoms with Crippen LogP contribution in [0, 0.1) is 0 Å². The van der Waals surface area contributed by atoms with Gasteiger partial charge in [-0.3, -0.25) is 4.79 Å². The van der Waals surface area contributed by atoms with Crippen LogP contribution in [0.15, 0.2) is 48.5 Å². The standard InChI is InChI=1S/C20H23NO4/c1-4-24-20(23)15-8-10-17(11-9-15)21-19(22)13-25-18-7-5-6-16(12-18)14(2)3/h5-12,14H,4,13H2,1-3H3,(H,21,22). The normalized spacial score (nSPS) is 10.4. The molecule has 0 fully saturated rings. The first kappa shape index (κ1) is 18.5. The highest BCUT2D eigenvalue weighted by atomic mass is 16.5. The minimum absolute atomic E-state index is 0.0822. The number of carbonyl (C=O) groups is 2. The molecule has 5 nitrogen and oxygen atoms in total. The van der Waals surface area contributed by atoms with Gasteiger partial charge in [0.25, 0.3) is 5.91 Å². The Hall–Kier alpha value is -2.82. The summed E-state index contributed by atoms with van der Waals surface area (Å²) in [6.07, 6.45) is 0. The molecule has 0 atom stereocenters. The zero-order chi connectivity index (χ0) is 18.2. The van der Waals surface area contributed by atoms with Crippen molar-refractivity contribution in [1.29, 1.82) is 0 Å². The Morgan fingerprint density at radius 1 is 1.08 bits per heavy atom. The fraction of sp³-hybridized carbons (Fsp3) is 0.300. The smallest absolute Gasteiger partial charge is 0.338 e. The summed E-state index contributed by atoms with van der Waals surface area (Å²) in [4.78, 5) is 23.6. The van der Waals surface area contributed by atoms with E-state index in [-0.39, 0.29) is 18.5 Å². The largest absolute Gasteiger partial charge is 0.484 e. The summed E-state index contributed by atoms with van der Waals surface area (Å²) in [5.74, 6) is 0.418. The lowest BCUT2D eigenvalue weighted by Gasteiger charge is -2.10. The molecule has 0 aliphatic rings. The summed E-state index contributed by atoms with van der Waals surface area (Å²) in [6, 6.07) is 14.2. The van der Waals surface area contributed by atoms with E-state index < -0.39 is 0 Å². The number of benzene rings is 2. The van der Waals surface area contributed by atoms with E-state index in [1.54, 1.807) is 31.2 Å². The van der Waals surface area contributed by atoms with Crippen LogP contribution in [-0.4, -0.2) is 25.1 Å². The molecule has 0 aliphatic heterocycles. The van der Waals surface area contributed by atoms with E-state index in [4.69, 9.17) is 9.47 Å². The molecule has 0 spiro atoms. The van der Waals surface area contributed by atoms with Crippen LogP contribution in [-0.2, 0) is 9.53 Å². The second kappa shape index (κ2) is 8.87. The van der Waals surface area contributed by atoms with Gasteiger partial charge in [-0.15, -0.1) is 0 Å². The van der Waals surface area contributed by atoms with Crippen molar-refractivity contribution < 1.29 is 19.1 Å². The molecule has 0 heterocycles. The number of esters is 1. The lowest BCUT2D eigenvalue weighted by atomic mass is 10.0. The predicted octanol–water partition coefficient (Wildman–Crippen LogP) is 4.00. The average Bonchev–Trinajstić information content (AvgIpc) is 2.61. The molecule has 132 valence electrons. The third-order valence-corrected chi connectivity index (χ3v) is 3.57. The van der Waals surface area contributed by atoms with Gasteiger partial charge in [-0.25, -0.2) is 4.79 Å². The number of hydrogen-bond acceptors (Lipinski definition) is 4. The molecule has 5 heteroatoms. The number of rotatable bonds is 7. The van der Waals surface area contributed by atoms with Crippen LogP contribution in [0.3, 0.4) is 0 Å². The van der Waals surface area contributed by atoms with Gasteiger partial charge in [0.15, 0.2) is 6.61 Å². The molecule has 25 heavy (non-hydrogen) atoms. The Morgan fingerprint density at radius 2 is 1.80 bits per heavy atom. The van der Waals surface area contributed by atoms with E-state index >= 15 is 0 Å². The van der Waals surface area contributed by atoms with Crippen molar-refractivity contribution in [2.24, 2.45) is 0 Å². The molecule has 0 radical (unpaired) electrons. The van der Waals surface area contributed by atoms with Gasteiger partial charge in [0, 0.05) is 5.69 Å². The third-order valence-electron chi connectivity index (χ3n) is 3.57. The van der Waals surface area contributed by atoms with E-state index in [1.807, 2.05) is 24.3 Å². The highest BCUT2D eigenvalue weighted by molar-refractivity contribution is 5.93. The monoisotopic (exact) mass is 341 g/mol. The molecule has 1 amide bonds. The highest BCUT2D eigenvalue weighted by Gasteiger charge is 2.08. The maximum atomic E-state index is 12.0. The van der Waals surface area contributed by atoms with Crippen LogP contribution in [0.1, 0.15) is 42.6 Å². The number of amides is 1. The Bertz CT molecular complexity index is 723. The summed E-state index contributed by atoms with van der Waals surface area (Å²) < 4.78 is 10.5. The van der Waals surface area contributed by atoms with E-state index in [9.17, 15) is 9.59 Å². The maximum Gasteiger partial charge on any atom is 0.338 e. The first-order valence-electron chi connectivity index (χ1n) is 8.29. The van der Waals surface area contributed by atoms with Crippen LogP contribution >= 0.6 is 0 Å². The number of carbonyl (C=O) groups excluding carboxylic acids is 2. The molecule has 0 saturated heterocycles. The number of hydrogen-bond donors (Lipinski definition) is 1. The number of anilines is 1. The summed E-state index contributed by atoms with van der Waals surface area (Å²) in [5.41, 5.74) is 2.20. The second-order valence-electron chi connectivity index (χ2n) is 5.86. The van der Waals surface area contributed by atoms with E-state index in [0.717, 1.165) is 5.56 Å². The molecule has 0 saturated carbocycles. The molecule has 2 aromatic rings. The minimum atomic E-state index is -0.381. The quantitative estimate of drug-likeness (QED) is 0.773. The van der Waals surface area contributed by atoms with Gasteiger partial charge in [-0.1, -0.05) is 26.0 Å². The van der Waals surface area contributed by atoms with Gasteiger partial charge in [-0.2, -0.15) is 0 Å². The van der Waals surface area contributed by atoms with Crippen molar-refractivity contribution in [2.75, 3.05) is 18.5 Å². The topological polar surface area (TPSA) is 64.6 Å². The SMILES string of the molecule is CCOC(=O)c1ccc(NC(=O)COc2cccc(C(C)C)c2)cc1. The molecule has 0 unspecified atom stereocenters. The Labute approximate surface area is 148 Å².